The normalized spacial score (nSPS) is 23.3. The van der Waals surface area contributed by atoms with E-state index in [1.807, 2.05) is 19.9 Å². The van der Waals surface area contributed by atoms with E-state index in [4.69, 9.17) is 0 Å². The number of amides is 3. The van der Waals surface area contributed by atoms with Crippen LogP contribution < -0.4 is 10.6 Å². The third kappa shape index (κ3) is 4.97. The van der Waals surface area contributed by atoms with Gasteiger partial charge < -0.3 is 15.5 Å². The largest absolute Gasteiger partial charge is 0.471 e. The summed E-state index contributed by atoms with van der Waals surface area (Å²) in [6.45, 7) is 3.59. The molecule has 0 radical (unpaired) electrons. The fraction of sp³-hybridized carbons (Fsp3) is 0.500. The second-order valence-electron chi connectivity index (χ2n) is 9.93. The Hall–Kier alpha value is -3.89. The number of benzene rings is 1. The van der Waals surface area contributed by atoms with Crippen molar-refractivity contribution in [2.75, 3.05) is 6.54 Å². The molecule has 1 aromatic carbocycles. The molecular formula is C24H23F5N6O3. The number of likely N-dealkylation sites (tertiary alicyclic amines) is 1. The highest BCUT2D eigenvalue weighted by Gasteiger charge is 2.69. The maximum absolute atomic E-state index is 13.5. The maximum Gasteiger partial charge on any atom is 0.471 e. The van der Waals surface area contributed by atoms with Crippen LogP contribution in [0.25, 0.3) is 10.8 Å². The van der Waals surface area contributed by atoms with Gasteiger partial charge in [0, 0.05) is 23.7 Å². The van der Waals surface area contributed by atoms with E-state index in [0.717, 1.165) is 4.90 Å². The van der Waals surface area contributed by atoms with Crippen LogP contribution in [-0.2, 0) is 14.4 Å². The van der Waals surface area contributed by atoms with E-state index in [-0.39, 0.29) is 18.2 Å². The molecule has 202 valence electrons. The molecule has 1 unspecified atom stereocenters. The van der Waals surface area contributed by atoms with Crippen molar-refractivity contribution in [1.82, 2.24) is 25.7 Å². The second-order valence-corrected chi connectivity index (χ2v) is 9.93. The molecule has 2 N–H and O–H groups in total. The van der Waals surface area contributed by atoms with Gasteiger partial charge in [-0.2, -0.15) is 28.6 Å². The molecule has 1 saturated carbocycles. The fourth-order valence-electron chi connectivity index (χ4n) is 5.31. The number of nitrogens with one attached hydrogen (secondary N) is 2. The number of aromatic nitrogens is 2. The van der Waals surface area contributed by atoms with E-state index in [9.17, 15) is 41.6 Å². The lowest BCUT2D eigenvalue weighted by atomic mass is 9.98. The minimum absolute atomic E-state index is 0.0818. The molecule has 1 aliphatic heterocycles. The van der Waals surface area contributed by atoms with Gasteiger partial charge in [-0.25, -0.2) is 8.78 Å². The molecular weight excluding hydrogens is 515 g/mol. The predicted molar refractivity (Wildman–Crippen MR) is 121 cm³/mol. The van der Waals surface area contributed by atoms with Crippen molar-refractivity contribution in [3.63, 3.8) is 0 Å². The average molecular weight is 538 g/mol. The topological polar surface area (TPSA) is 128 Å². The molecule has 38 heavy (non-hydrogen) atoms. The minimum Gasteiger partial charge on any atom is -0.336 e. The molecule has 2 fully saturated rings. The van der Waals surface area contributed by atoms with Crippen molar-refractivity contribution in [3.05, 3.63) is 36.2 Å². The first-order valence-electron chi connectivity index (χ1n) is 11.6. The highest BCUT2D eigenvalue weighted by Crippen LogP contribution is 2.65. The number of carbonyl (C=O) groups excluding carboxylic acids is 3. The van der Waals surface area contributed by atoms with E-state index in [2.05, 4.69) is 15.5 Å². The highest BCUT2D eigenvalue weighted by molar-refractivity contribution is 5.95. The van der Waals surface area contributed by atoms with Gasteiger partial charge in [0.2, 0.25) is 18.2 Å². The number of hydrogen-bond acceptors (Lipinski definition) is 6. The first-order valence-corrected chi connectivity index (χ1v) is 11.6. The maximum atomic E-state index is 13.5. The Morgan fingerprint density at radius 1 is 1.21 bits per heavy atom. The van der Waals surface area contributed by atoms with E-state index in [1.54, 1.807) is 24.3 Å². The van der Waals surface area contributed by atoms with Crippen LogP contribution in [0.4, 0.5) is 22.0 Å². The van der Waals surface area contributed by atoms with Gasteiger partial charge in [0.05, 0.1) is 12.3 Å². The van der Waals surface area contributed by atoms with E-state index >= 15 is 0 Å². The quantitative estimate of drug-likeness (QED) is 0.522. The predicted octanol–water partition coefficient (Wildman–Crippen LogP) is 2.50. The van der Waals surface area contributed by atoms with Crippen LogP contribution in [-0.4, -0.2) is 64.0 Å². The Morgan fingerprint density at radius 2 is 1.89 bits per heavy atom. The SMILES string of the molecule is CC1(C)[C@@H]2[C@@H](C(=O)NC(C#N)c3nncc4ccccc34)N(C(=O)[C@H](CC(F)F)NC(=O)C(F)(F)F)C[C@@H]21. The molecule has 1 saturated heterocycles. The van der Waals surface area contributed by atoms with Crippen molar-refractivity contribution in [2.45, 2.75) is 51.0 Å². The summed E-state index contributed by atoms with van der Waals surface area (Å²) in [6.07, 6.45) is -8.49. The Balaban J connectivity index is 1.61. The molecule has 1 aromatic heterocycles. The molecule has 2 heterocycles. The van der Waals surface area contributed by atoms with Crippen molar-refractivity contribution in [2.24, 2.45) is 17.3 Å². The summed E-state index contributed by atoms with van der Waals surface area (Å²) in [7, 11) is 0. The van der Waals surface area contributed by atoms with E-state index in [1.165, 1.54) is 11.5 Å². The number of halogens is 5. The number of alkyl halides is 5. The summed E-state index contributed by atoms with van der Waals surface area (Å²) in [4.78, 5) is 39.0. The molecule has 5 atom stereocenters. The van der Waals surface area contributed by atoms with Gasteiger partial charge in [0.1, 0.15) is 17.8 Å². The first kappa shape index (κ1) is 27.2. The Bertz CT molecular complexity index is 1310. The molecule has 14 heteroatoms. The van der Waals surface area contributed by atoms with Crippen molar-refractivity contribution in [3.8, 4) is 6.07 Å². The van der Waals surface area contributed by atoms with Crippen LogP contribution >= 0.6 is 0 Å². The van der Waals surface area contributed by atoms with Crippen LogP contribution in [0.15, 0.2) is 30.5 Å². The highest BCUT2D eigenvalue weighted by atomic mass is 19.4. The number of carbonyl (C=O) groups is 3. The minimum atomic E-state index is -5.40. The van der Waals surface area contributed by atoms with Crippen molar-refractivity contribution < 1.29 is 36.3 Å². The summed E-state index contributed by atoms with van der Waals surface area (Å²) in [5, 5.41) is 22.7. The number of hydrogen-bond donors (Lipinski definition) is 2. The summed E-state index contributed by atoms with van der Waals surface area (Å²) in [5.74, 6) is -5.23. The molecule has 1 aliphatic carbocycles. The summed E-state index contributed by atoms with van der Waals surface area (Å²) >= 11 is 0. The smallest absolute Gasteiger partial charge is 0.336 e. The lowest BCUT2D eigenvalue weighted by Gasteiger charge is -2.33. The summed E-state index contributed by atoms with van der Waals surface area (Å²) in [6, 6.07) is 4.05. The molecule has 9 nitrogen and oxygen atoms in total. The Kier molecular flexibility index (Phi) is 6.98. The second kappa shape index (κ2) is 9.77. The zero-order valence-corrected chi connectivity index (χ0v) is 20.2. The van der Waals surface area contributed by atoms with E-state index < -0.39 is 66.2 Å². The first-order chi connectivity index (χ1) is 17.8. The number of nitriles is 1. The molecule has 0 bridgehead atoms. The fourth-order valence-corrected chi connectivity index (χ4v) is 5.31. The van der Waals surface area contributed by atoms with Gasteiger partial charge in [-0.15, -0.1) is 0 Å². The number of rotatable bonds is 7. The number of nitrogens with zero attached hydrogens (tertiary/aromatic N) is 4. The Morgan fingerprint density at radius 3 is 2.53 bits per heavy atom. The molecule has 2 aromatic rings. The molecule has 3 amide bonds. The van der Waals surface area contributed by atoms with Crippen molar-refractivity contribution in [1.29, 1.82) is 5.26 Å². The summed E-state index contributed by atoms with van der Waals surface area (Å²) in [5.41, 5.74) is -0.275. The van der Waals surface area contributed by atoms with Crippen LogP contribution in [0.5, 0.6) is 0 Å². The van der Waals surface area contributed by atoms with Gasteiger partial charge in [-0.1, -0.05) is 38.1 Å². The van der Waals surface area contributed by atoms with Gasteiger partial charge in [0.25, 0.3) is 0 Å². The monoisotopic (exact) mass is 538 g/mol. The number of fused-ring (bicyclic) bond motifs is 2. The van der Waals surface area contributed by atoms with E-state index in [0.29, 0.717) is 10.8 Å². The third-order valence-electron chi connectivity index (χ3n) is 7.32. The van der Waals surface area contributed by atoms with Crippen LogP contribution in [0.1, 0.15) is 32.0 Å². The lowest BCUT2D eigenvalue weighted by Crippen LogP contribution is -2.57. The van der Waals surface area contributed by atoms with Gasteiger partial charge in [0.15, 0.2) is 6.04 Å². The van der Waals surface area contributed by atoms with Gasteiger partial charge in [-0.05, 0) is 17.3 Å². The standard InChI is InChI=1S/C24H23F5N6O3/c1-23(2)13-10-35(21(37)14(7-16(25)26)33-22(38)24(27,28)29)19(17(13)23)20(36)32-15(8-30)18-12-6-4-3-5-11(12)9-31-34-18/h3-6,9,13-17,19H,7,10H2,1-2H3,(H,32,36)(H,33,38)/t13-,14-,15?,17-,19-/m0/s1. The third-order valence-corrected chi connectivity index (χ3v) is 7.32. The lowest BCUT2D eigenvalue weighted by molar-refractivity contribution is -0.175. The van der Waals surface area contributed by atoms with Crippen LogP contribution in [0.3, 0.4) is 0 Å². The zero-order valence-electron chi connectivity index (χ0n) is 20.2. The molecule has 2 aliphatic rings. The van der Waals surface area contributed by atoms with Crippen LogP contribution in [0.2, 0.25) is 0 Å². The van der Waals surface area contributed by atoms with Gasteiger partial charge >= 0.3 is 12.1 Å². The Labute approximate surface area is 213 Å². The van der Waals surface area contributed by atoms with Crippen molar-refractivity contribution >= 4 is 28.5 Å². The molecule has 4 rings (SSSR count). The average Bonchev–Trinajstić information content (AvgIpc) is 3.17. The molecule has 0 spiro atoms. The van der Waals surface area contributed by atoms with Crippen LogP contribution in [0, 0.1) is 28.6 Å². The summed E-state index contributed by atoms with van der Waals surface area (Å²) < 4.78 is 64.7. The number of piperidine rings is 1. The zero-order chi connectivity index (χ0) is 28.0. The van der Waals surface area contributed by atoms with Gasteiger partial charge in [-0.3, -0.25) is 14.4 Å².